The molecule has 2 aromatic rings. The summed E-state index contributed by atoms with van der Waals surface area (Å²) in [7, 11) is 0. The Morgan fingerprint density at radius 1 is 1.19 bits per heavy atom. The van der Waals surface area contributed by atoms with Crippen molar-refractivity contribution in [2.24, 2.45) is 0 Å². The van der Waals surface area contributed by atoms with Gasteiger partial charge < -0.3 is 16.4 Å². The maximum Gasteiger partial charge on any atom is 0.325 e. The quantitative estimate of drug-likeness (QED) is 0.697. The number of nitrogens with zero attached hydrogens (tertiary/aromatic N) is 4. The van der Waals surface area contributed by atoms with Gasteiger partial charge in [-0.2, -0.15) is 15.0 Å². The van der Waals surface area contributed by atoms with Gasteiger partial charge in [0.15, 0.2) is 5.82 Å². The Balaban J connectivity index is 1.81. The molecule has 1 saturated heterocycles. The van der Waals surface area contributed by atoms with Gasteiger partial charge in [-0.25, -0.2) is 4.79 Å². The van der Waals surface area contributed by atoms with Crippen molar-refractivity contribution in [1.82, 2.24) is 25.2 Å². The second-order valence-corrected chi connectivity index (χ2v) is 6.43. The zero-order chi connectivity index (χ0) is 18.9. The molecule has 0 unspecified atom stereocenters. The van der Waals surface area contributed by atoms with Crippen LogP contribution in [-0.4, -0.2) is 37.3 Å². The van der Waals surface area contributed by atoms with Crippen molar-refractivity contribution in [2.45, 2.75) is 39.3 Å². The zero-order valence-electron chi connectivity index (χ0n) is 14.9. The summed E-state index contributed by atoms with van der Waals surface area (Å²) in [6.07, 6.45) is 0.494. The summed E-state index contributed by atoms with van der Waals surface area (Å²) in [5, 5.41) is 5.73. The summed E-state index contributed by atoms with van der Waals surface area (Å²) in [6.45, 7) is 5.45. The molecule has 3 amide bonds. The largest absolute Gasteiger partial charge is 0.368 e. The number of anilines is 3. The van der Waals surface area contributed by atoms with Crippen LogP contribution >= 0.6 is 0 Å². The van der Waals surface area contributed by atoms with Crippen LogP contribution in [0, 0.1) is 6.92 Å². The summed E-state index contributed by atoms with van der Waals surface area (Å²) in [4.78, 5) is 38.1. The molecule has 26 heavy (non-hydrogen) atoms. The first kappa shape index (κ1) is 17.6. The number of carbonyl (C=O) groups is 2. The highest BCUT2D eigenvalue weighted by molar-refractivity contribution is 6.06. The minimum absolute atomic E-state index is 0.00918. The number of aryl methyl sites for hydroxylation is 1. The molecule has 9 heteroatoms. The number of nitrogens with two attached hydrogens (primary N) is 1. The van der Waals surface area contributed by atoms with Gasteiger partial charge in [-0.3, -0.25) is 9.69 Å². The molecule has 4 N–H and O–H groups in total. The molecule has 1 aromatic heterocycles. The monoisotopic (exact) mass is 355 g/mol. The molecule has 1 aliphatic heterocycles. The number of amides is 3. The van der Waals surface area contributed by atoms with Crippen molar-refractivity contribution < 1.29 is 9.59 Å². The van der Waals surface area contributed by atoms with E-state index in [1.807, 2.05) is 38.1 Å². The fraction of sp³-hybridized carbons (Fsp3) is 0.353. The van der Waals surface area contributed by atoms with Gasteiger partial charge in [0.1, 0.15) is 5.54 Å². The van der Waals surface area contributed by atoms with Gasteiger partial charge in [0, 0.05) is 5.69 Å². The van der Waals surface area contributed by atoms with E-state index in [-0.39, 0.29) is 30.2 Å². The second-order valence-electron chi connectivity index (χ2n) is 6.43. The van der Waals surface area contributed by atoms with Crippen LogP contribution in [0.4, 0.5) is 22.4 Å². The molecule has 136 valence electrons. The van der Waals surface area contributed by atoms with E-state index in [0.29, 0.717) is 6.42 Å². The SMILES string of the molecule is CC[C@@]1(C)NC(=O)N(Cc2nc(N)nc(Nc3ccc(C)cc3)n2)C1=O. The molecule has 0 bridgehead atoms. The number of carbonyl (C=O) groups excluding carboxylic acids is 2. The molecule has 9 nitrogen and oxygen atoms in total. The number of nitrogen functional groups attached to an aromatic ring is 1. The van der Waals surface area contributed by atoms with E-state index in [2.05, 4.69) is 25.6 Å². The van der Waals surface area contributed by atoms with Gasteiger partial charge in [-0.15, -0.1) is 0 Å². The highest BCUT2D eigenvalue weighted by atomic mass is 16.2. The first-order valence-corrected chi connectivity index (χ1v) is 8.29. The Morgan fingerprint density at radius 3 is 2.50 bits per heavy atom. The average molecular weight is 355 g/mol. The molecule has 1 atom stereocenters. The van der Waals surface area contributed by atoms with Gasteiger partial charge in [0.25, 0.3) is 5.91 Å². The van der Waals surface area contributed by atoms with Crippen LogP contribution in [0.25, 0.3) is 0 Å². The maximum absolute atomic E-state index is 12.5. The maximum atomic E-state index is 12.5. The van der Waals surface area contributed by atoms with Crippen LogP contribution in [0.2, 0.25) is 0 Å². The zero-order valence-corrected chi connectivity index (χ0v) is 14.9. The minimum Gasteiger partial charge on any atom is -0.368 e. The van der Waals surface area contributed by atoms with Gasteiger partial charge in [-0.1, -0.05) is 24.6 Å². The lowest BCUT2D eigenvalue weighted by molar-refractivity contribution is -0.131. The van der Waals surface area contributed by atoms with E-state index < -0.39 is 11.6 Å². The molecule has 0 aliphatic carbocycles. The van der Waals surface area contributed by atoms with Crippen LogP contribution in [0.5, 0.6) is 0 Å². The van der Waals surface area contributed by atoms with Crippen LogP contribution in [0.1, 0.15) is 31.7 Å². The number of imide groups is 1. The first-order chi connectivity index (χ1) is 12.3. The van der Waals surface area contributed by atoms with Gasteiger partial charge in [0.2, 0.25) is 11.9 Å². The van der Waals surface area contributed by atoms with Crippen molar-refractivity contribution in [3.05, 3.63) is 35.7 Å². The van der Waals surface area contributed by atoms with Crippen molar-refractivity contribution in [1.29, 1.82) is 0 Å². The normalized spacial score (nSPS) is 19.6. The summed E-state index contributed by atoms with van der Waals surface area (Å²) in [5.74, 6) is 0.185. The third-order valence-electron chi connectivity index (χ3n) is 4.36. The smallest absolute Gasteiger partial charge is 0.325 e. The highest BCUT2D eigenvalue weighted by Gasteiger charge is 2.46. The van der Waals surface area contributed by atoms with E-state index in [0.717, 1.165) is 16.2 Å². The second kappa shape index (κ2) is 6.58. The number of benzene rings is 1. The fourth-order valence-electron chi connectivity index (χ4n) is 2.60. The van der Waals surface area contributed by atoms with E-state index >= 15 is 0 Å². The Hall–Kier alpha value is -3.23. The Morgan fingerprint density at radius 2 is 1.88 bits per heavy atom. The number of nitrogens with one attached hydrogen (secondary N) is 2. The summed E-state index contributed by atoms with van der Waals surface area (Å²) >= 11 is 0. The Kier molecular flexibility index (Phi) is 4.45. The predicted octanol–water partition coefficient (Wildman–Crippen LogP) is 1.73. The number of hydrogen-bond donors (Lipinski definition) is 3. The topological polar surface area (TPSA) is 126 Å². The van der Waals surface area contributed by atoms with Crippen molar-refractivity contribution in [3.63, 3.8) is 0 Å². The molecular weight excluding hydrogens is 334 g/mol. The number of aromatic nitrogens is 3. The Labute approximate surface area is 151 Å². The fourth-order valence-corrected chi connectivity index (χ4v) is 2.60. The predicted molar refractivity (Wildman–Crippen MR) is 96.5 cm³/mol. The van der Waals surface area contributed by atoms with E-state index in [9.17, 15) is 9.59 Å². The third-order valence-corrected chi connectivity index (χ3v) is 4.36. The molecule has 1 aliphatic rings. The average Bonchev–Trinajstić information content (AvgIpc) is 2.80. The van der Waals surface area contributed by atoms with Crippen LogP contribution in [0.15, 0.2) is 24.3 Å². The summed E-state index contributed by atoms with van der Waals surface area (Å²) in [5.41, 5.74) is 6.77. The minimum atomic E-state index is -0.904. The van der Waals surface area contributed by atoms with Gasteiger partial charge >= 0.3 is 6.03 Å². The van der Waals surface area contributed by atoms with Crippen LogP contribution in [0.3, 0.4) is 0 Å². The standard InChI is InChI=1S/C17H21N7O2/c1-4-17(3)13(25)24(16(26)23-17)9-12-20-14(18)22-15(21-12)19-11-7-5-10(2)6-8-11/h5-8H,4,9H2,1-3H3,(H,23,26)(H3,18,19,20,21,22)/t17-/m1/s1. The summed E-state index contributed by atoms with van der Waals surface area (Å²) in [6, 6.07) is 7.21. The van der Waals surface area contributed by atoms with E-state index in [4.69, 9.17) is 5.73 Å². The van der Waals surface area contributed by atoms with E-state index in [1.54, 1.807) is 6.92 Å². The third kappa shape index (κ3) is 3.41. The number of hydrogen-bond acceptors (Lipinski definition) is 7. The molecule has 0 saturated carbocycles. The first-order valence-electron chi connectivity index (χ1n) is 8.29. The molecule has 0 spiro atoms. The molecule has 3 rings (SSSR count). The number of urea groups is 1. The molecular formula is C17H21N7O2. The lowest BCUT2D eigenvalue weighted by Crippen LogP contribution is -2.43. The molecule has 2 heterocycles. The highest BCUT2D eigenvalue weighted by Crippen LogP contribution is 2.22. The summed E-state index contributed by atoms with van der Waals surface area (Å²) < 4.78 is 0. The molecule has 1 fully saturated rings. The van der Waals surface area contributed by atoms with Crippen molar-refractivity contribution in [3.8, 4) is 0 Å². The van der Waals surface area contributed by atoms with Crippen LogP contribution < -0.4 is 16.4 Å². The van der Waals surface area contributed by atoms with Crippen molar-refractivity contribution in [2.75, 3.05) is 11.1 Å². The van der Waals surface area contributed by atoms with Gasteiger partial charge in [0.05, 0.1) is 6.54 Å². The van der Waals surface area contributed by atoms with Crippen LogP contribution in [-0.2, 0) is 11.3 Å². The molecule has 0 radical (unpaired) electrons. The van der Waals surface area contributed by atoms with Gasteiger partial charge in [-0.05, 0) is 32.4 Å². The van der Waals surface area contributed by atoms with Crippen molar-refractivity contribution >= 4 is 29.5 Å². The number of rotatable bonds is 5. The molecule has 1 aromatic carbocycles. The lowest BCUT2D eigenvalue weighted by Gasteiger charge is -2.19. The van der Waals surface area contributed by atoms with E-state index in [1.165, 1.54) is 0 Å². The Bertz CT molecular complexity index is 853. The lowest BCUT2D eigenvalue weighted by atomic mass is 9.99.